The third kappa shape index (κ3) is 3.47. The van der Waals surface area contributed by atoms with Gasteiger partial charge in [-0.2, -0.15) is 4.98 Å². The van der Waals surface area contributed by atoms with Crippen molar-refractivity contribution < 1.29 is 4.52 Å². The number of likely N-dealkylation sites (tertiary alicyclic amines) is 1. The summed E-state index contributed by atoms with van der Waals surface area (Å²) in [7, 11) is 0. The van der Waals surface area contributed by atoms with Gasteiger partial charge in [-0.1, -0.05) is 11.2 Å². The molecule has 1 atom stereocenters. The molecule has 1 N–H and O–H groups in total. The molecule has 1 saturated heterocycles. The third-order valence-corrected chi connectivity index (χ3v) is 4.43. The Hall–Kier alpha value is -2.25. The molecule has 0 saturated carbocycles. The molecule has 7 heteroatoms. The summed E-state index contributed by atoms with van der Waals surface area (Å²) in [4.78, 5) is 11.3. The van der Waals surface area contributed by atoms with E-state index in [2.05, 4.69) is 35.9 Å². The van der Waals surface area contributed by atoms with Crippen molar-refractivity contribution >= 4 is 5.65 Å². The van der Waals surface area contributed by atoms with Gasteiger partial charge in [0.1, 0.15) is 5.65 Å². The minimum Gasteiger partial charge on any atom is -0.340 e. The Balaban J connectivity index is 1.32. The predicted octanol–water partition coefficient (Wildman–Crippen LogP) is 1.78. The molecule has 1 aliphatic heterocycles. The highest BCUT2D eigenvalue weighted by atomic mass is 16.5. The molecule has 4 heterocycles. The van der Waals surface area contributed by atoms with Crippen LogP contribution >= 0.6 is 0 Å². The van der Waals surface area contributed by atoms with Gasteiger partial charge in [0.05, 0.1) is 12.2 Å². The second-order valence-corrected chi connectivity index (χ2v) is 6.38. The largest absolute Gasteiger partial charge is 0.340 e. The van der Waals surface area contributed by atoms with Gasteiger partial charge in [-0.15, -0.1) is 0 Å². The number of aromatic nitrogens is 4. The van der Waals surface area contributed by atoms with Gasteiger partial charge in [-0.05, 0) is 31.5 Å². The van der Waals surface area contributed by atoms with E-state index in [4.69, 9.17) is 4.52 Å². The first-order valence-corrected chi connectivity index (χ1v) is 8.44. The van der Waals surface area contributed by atoms with Crippen LogP contribution in [0.25, 0.3) is 5.65 Å². The Morgan fingerprint density at radius 3 is 3.12 bits per heavy atom. The zero-order valence-electron chi connectivity index (χ0n) is 13.9. The Morgan fingerprint density at radius 2 is 2.29 bits per heavy atom. The average molecular weight is 326 g/mol. The van der Waals surface area contributed by atoms with Crippen LogP contribution in [0.2, 0.25) is 0 Å². The number of nitrogens with one attached hydrogen (secondary N) is 1. The van der Waals surface area contributed by atoms with Crippen LogP contribution in [0.3, 0.4) is 0 Å². The van der Waals surface area contributed by atoms with E-state index in [1.807, 2.05) is 31.3 Å². The standard InChI is InChI=1S/C17H22N6O/c1-13-19-16(21-24-13)12-22-7-4-5-14(10-22)18-9-15-11-23-8-3-2-6-17(23)20-15/h2-3,6,8,11,14,18H,4-5,7,9-10,12H2,1H3/t14-/m0/s1. The van der Waals surface area contributed by atoms with Crippen LogP contribution in [0.5, 0.6) is 0 Å². The van der Waals surface area contributed by atoms with Gasteiger partial charge in [0.2, 0.25) is 5.89 Å². The predicted molar refractivity (Wildman–Crippen MR) is 89.4 cm³/mol. The molecule has 0 amide bonds. The monoisotopic (exact) mass is 326 g/mol. The highest BCUT2D eigenvalue weighted by Gasteiger charge is 2.21. The molecule has 0 unspecified atom stereocenters. The van der Waals surface area contributed by atoms with Crippen LogP contribution in [0, 0.1) is 6.92 Å². The Labute approximate surface area is 140 Å². The molecular weight excluding hydrogens is 304 g/mol. The van der Waals surface area contributed by atoms with Crippen LogP contribution in [0.15, 0.2) is 35.1 Å². The van der Waals surface area contributed by atoms with Crippen LogP contribution in [0.1, 0.15) is 30.3 Å². The lowest BCUT2D eigenvalue weighted by Crippen LogP contribution is -2.45. The smallest absolute Gasteiger partial charge is 0.223 e. The minimum atomic E-state index is 0.469. The summed E-state index contributed by atoms with van der Waals surface area (Å²) in [6.45, 7) is 5.46. The Bertz CT molecular complexity index is 777. The number of imidazole rings is 1. The van der Waals surface area contributed by atoms with Crippen molar-refractivity contribution in [2.45, 2.75) is 38.9 Å². The molecule has 4 rings (SSSR count). The lowest BCUT2D eigenvalue weighted by molar-refractivity contribution is 0.177. The average Bonchev–Trinajstić information content (AvgIpc) is 3.19. The Morgan fingerprint density at radius 1 is 1.33 bits per heavy atom. The fourth-order valence-electron chi connectivity index (χ4n) is 3.29. The normalized spacial score (nSPS) is 19.1. The molecule has 0 spiro atoms. The molecule has 0 aliphatic carbocycles. The van der Waals surface area contributed by atoms with E-state index >= 15 is 0 Å². The summed E-state index contributed by atoms with van der Waals surface area (Å²) in [5.74, 6) is 1.40. The zero-order chi connectivity index (χ0) is 16.4. The summed E-state index contributed by atoms with van der Waals surface area (Å²) in [6, 6.07) is 6.53. The third-order valence-electron chi connectivity index (χ3n) is 4.43. The molecule has 24 heavy (non-hydrogen) atoms. The molecular formula is C17H22N6O. The molecule has 3 aromatic heterocycles. The summed E-state index contributed by atoms with van der Waals surface area (Å²) in [5.41, 5.74) is 2.07. The van der Waals surface area contributed by atoms with Crippen LogP contribution in [-0.2, 0) is 13.1 Å². The first-order chi connectivity index (χ1) is 11.8. The van der Waals surface area contributed by atoms with E-state index < -0.39 is 0 Å². The van der Waals surface area contributed by atoms with Crippen molar-refractivity contribution in [3.05, 3.63) is 48.0 Å². The van der Waals surface area contributed by atoms with E-state index in [-0.39, 0.29) is 0 Å². The van der Waals surface area contributed by atoms with E-state index in [1.54, 1.807) is 0 Å². The quantitative estimate of drug-likeness (QED) is 0.770. The highest BCUT2D eigenvalue weighted by Crippen LogP contribution is 2.13. The zero-order valence-corrected chi connectivity index (χ0v) is 13.9. The van der Waals surface area contributed by atoms with Crippen molar-refractivity contribution in [3.63, 3.8) is 0 Å². The van der Waals surface area contributed by atoms with Crippen molar-refractivity contribution in [1.82, 2.24) is 29.7 Å². The van der Waals surface area contributed by atoms with E-state index in [9.17, 15) is 0 Å². The topological polar surface area (TPSA) is 71.5 Å². The van der Waals surface area contributed by atoms with E-state index in [0.717, 1.165) is 43.3 Å². The Kier molecular flexibility index (Phi) is 4.27. The highest BCUT2D eigenvalue weighted by molar-refractivity contribution is 5.39. The first-order valence-electron chi connectivity index (χ1n) is 8.44. The molecule has 1 aliphatic rings. The number of hydrogen-bond donors (Lipinski definition) is 1. The SMILES string of the molecule is Cc1nc(CN2CCC[C@H](NCc3cn4ccccc4n3)C2)no1. The number of fused-ring (bicyclic) bond motifs is 1. The maximum atomic E-state index is 5.05. The lowest BCUT2D eigenvalue weighted by Gasteiger charge is -2.32. The van der Waals surface area contributed by atoms with Gasteiger partial charge in [-0.3, -0.25) is 4.90 Å². The van der Waals surface area contributed by atoms with Crippen molar-refractivity contribution in [1.29, 1.82) is 0 Å². The second kappa shape index (κ2) is 6.70. The van der Waals surface area contributed by atoms with Gasteiger partial charge in [0.15, 0.2) is 5.82 Å². The summed E-state index contributed by atoms with van der Waals surface area (Å²) >= 11 is 0. The molecule has 0 aromatic carbocycles. The van der Waals surface area contributed by atoms with Crippen molar-refractivity contribution in [3.8, 4) is 0 Å². The fourth-order valence-corrected chi connectivity index (χ4v) is 3.29. The summed E-state index contributed by atoms with van der Waals surface area (Å²) < 4.78 is 7.11. The van der Waals surface area contributed by atoms with E-state index in [1.165, 1.54) is 12.8 Å². The van der Waals surface area contributed by atoms with Gasteiger partial charge >= 0.3 is 0 Å². The molecule has 126 valence electrons. The van der Waals surface area contributed by atoms with Gasteiger partial charge in [0.25, 0.3) is 0 Å². The number of aryl methyl sites for hydroxylation is 1. The maximum Gasteiger partial charge on any atom is 0.223 e. The minimum absolute atomic E-state index is 0.469. The molecule has 1 fully saturated rings. The van der Waals surface area contributed by atoms with Crippen molar-refractivity contribution in [2.75, 3.05) is 13.1 Å². The molecule has 7 nitrogen and oxygen atoms in total. The first kappa shape index (κ1) is 15.3. The van der Waals surface area contributed by atoms with Crippen LogP contribution in [0.4, 0.5) is 0 Å². The summed E-state index contributed by atoms with van der Waals surface area (Å²) in [6.07, 6.45) is 6.49. The number of piperidine rings is 1. The lowest BCUT2D eigenvalue weighted by atomic mass is 10.1. The van der Waals surface area contributed by atoms with Gasteiger partial charge < -0.3 is 14.2 Å². The molecule has 3 aromatic rings. The number of nitrogens with zero attached hydrogens (tertiary/aromatic N) is 5. The van der Waals surface area contributed by atoms with Crippen LogP contribution < -0.4 is 5.32 Å². The van der Waals surface area contributed by atoms with Gasteiger partial charge in [-0.25, -0.2) is 4.98 Å². The van der Waals surface area contributed by atoms with Crippen LogP contribution in [-0.4, -0.2) is 43.6 Å². The van der Waals surface area contributed by atoms with E-state index in [0.29, 0.717) is 11.9 Å². The van der Waals surface area contributed by atoms with Crippen molar-refractivity contribution in [2.24, 2.45) is 0 Å². The van der Waals surface area contributed by atoms with Gasteiger partial charge in [0, 0.05) is 38.4 Å². The molecule has 0 radical (unpaired) electrons. The fraction of sp³-hybridized carbons (Fsp3) is 0.471. The maximum absolute atomic E-state index is 5.05. The number of rotatable bonds is 5. The molecule has 0 bridgehead atoms. The summed E-state index contributed by atoms with van der Waals surface area (Å²) in [5, 5.41) is 7.63. The second-order valence-electron chi connectivity index (χ2n) is 6.38. The number of hydrogen-bond acceptors (Lipinski definition) is 6. The number of pyridine rings is 1.